The van der Waals surface area contributed by atoms with Gasteiger partial charge in [-0.25, -0.2) is 17.2 Å². The van der Waals surface area contributed by atoms with Crippen LogP contribution in [0, 0.1) is 11.6 Å². The number of hydrogen-bond acceptors (Lipinski definition) is 7. The molecular weight excluding hydrogens is 584 g/mol. The molecule has 1 atom stereocenters. The number of nitrogens with zero attached hydrogens (tertiary/aromatic N) is 3. The second-order valence-electron chi connectivity index (χ2n) is 9.92. The van der Waals surface area contributed by atoms with E-state index in [0.717, 1.165) is 16.4 Å². The van der Waals surface area contributed by atoms with Crippen molar-refractivity contribution in [3.05, 3.63) is 83.9 Å². The Bertz CT molecular complexity index is 1580. The molecule has 3 N–H and O–H groups in total. The van der Waals surface area contributed by atoms with Crippen LogP contribution >= 0.6 is 0 Å². The number of ether oxygens (including phenoxy) is 1. The zero-order valence-corrected chi connectivity index (χ0v) is 24.3. The Morgan fingerprint density at radius 1 is 1.02 bits per heavy atom. The molecule has 1 aliphatic rings. The molecule has 11 nitrogen and oxygen atoms in total. The molecule has 228 valence electrons. The van der Waals surface area contributed by atoms with Gasteiger partial charge < -0.3 is 25.6 Å². The fourth-order valence-electron chi connectivity index (χ4n) is 4.59. The van der Waals surface area contributed by atoms with Gasteiger partial charge >= 0.3 is 0 Å². The molecular formula is C29H31F2N5O6S. The van der Waals surface area contributed by atoms with Gasteiger partial charge in [-0.15, -0.1) is 0 Å². The highest BCUT2D eigenvalue weighted by Gasteiger charge is 2.34. The number of amides is 3. The summed E-state index contributed by atoms with van der Waals surface area (Å²) < 4.78 is 59.9. The Kier molecular flexibility index (Phi) is 9.61. The minimum atomic E-state index is -3.97. The number of piperazine rings is 1. The highest BCUT2D eigenvalue weighted by atomic mass is 32.2. The summed E-state index contributed by atoms with van der Waals surface area (Å²) in [4.78, 5) is 41.9. The number of nitrogen functional groups attached to an aromatic ring is 1. The van der Waals surface area contributed by atoms with Crippen molar-refractivity contribution in [1.29, 1.82) is 0 Å². The molecule has 0 aromatic heterocycles. The fraction of sp³-hybridized carbons (Fsp3) is 0.276. The summed E-state index contributed by atoms with van der Waals surface area (Å²) in [6.45, 7) is -1.07. The number of anilines is 2. The first kappa shape index (κ1) is 31.4. The number of halogens is 2. The fourth-order valence-corrected chi connectivity index (χ4v) is 5.97. The van der Waals surface area contributed by atoms with Gasteiger partial charge in [-0.2, -0.15) is 4.31 Å². The molecule has 43 heavy (non-hydrogen) atoms. The smallest absolute Gasteiger partial charge is 0.249 e. The van der Waals surface area contributed by atoms with Crippen molar-refractivity contribution in [1.82, 2.24) is 14.5 Å². The second-order valence-corrected chi connectivity index (χ2v) is 11.9. The van der Waals surface area contributed by atoms with Gasteiger partial charge in [0.05, 0.1) is 25.1 Å². The largest absolute Gasteiger partial charge is 0.497 e. The summed E-state index contributed by atoms with van der Waals surface area (Å²) in [5.74, 6) is -3.00. The molecule has 0 unspecified atom stereocenters. The Morgan fingerprint density at radius 3 is 2.23 bits per heavy atom. The SMILES string of the molecule is COc1ccc(N(C)C(=O)[C@H](Cc2cc(F)cc(F)c2)NC(=O)CN2CCN(S(=O)(=O)c3ccc(N)cc3)CC2=O)cc1. The van der Waals surface area contributed by atoms with Crippen LogP contribution in [0.4, 0.5) is 20.2 Å². The molecule has 4 rings (SSSR count). The molecule has 0 bridgehead atoms. The lowest BCUT2D eigenvalue weighted by Crippen LogP contribution is -2.56. The first-order valence-corrected chi connectivity index (χ1v) is 14.6. The molecule has 14 heteroatoms. The maximum Gasteiger partial charge on any atom is 0.249 e. The highest BCUT2D eigenvalue weighted by Crippen LogP contribution is 2.21. The van der Waals surface area contributed by atoms with Gasteiger partial charge in [0.15, 0.2) is 0 Å². The van der Waals surface area contributed by atoms with E-state index >= 15 is 0 Å². The summed E-state index contributed by atoms with van der Waals surface area (Å²) in [7, 11) is -0.983. The van der Waals surface area contributed by atoms with E-state index in [-0.39, 0.29) is 30.0 Å². The number of methoxy groups -OCH3 is 1. The van der Waals surface area contributed by atoms with Crippen LogP contribution in [0.2, 0.25) is 0 Å². The van der Waals surface area contributed by atoms with Crippen molar-refractivity contribution in [3.8, 4) is 5.75 Å². The van der Waals surface area contributed by atoms with Gasteiger partial charge in [0.2, 0.25) is 27.7 Å². The van der Waals surface area contributed by atoms with Gasteiger partial charge in [-0.05, 0) is 66.2 Å². The van der Waals surface area contributed by atoms with E-state index in [1.165, 1.54) is 48.2 Å². The molecule has 1 aliphatic heterocycles. The minimum absolute atomic E-state index is 0.0168. The molecule has 1 heterocycles. The second kappa shape index (κ2) is 13.2. The average Bonchev–Trinajstić information content (AvgIpc) is 2.96. The molecule has 0 radical (unpaired) electrons. The predicted octanol–water partition coefficient (Wildman–Crippen LogP) is 1.78. The number of benzene rings is 3. The zero-order valence-electron chi connectivity index (χ0n) is 23.5. The van der Waals surface area contributed by atoms with Crippen molar-refractivity contribution in [3.63, 3.8) is 0 Å². The number of sulfonamides is 1. The van der Waals surface area contributed by atoms with Crippen LogP contribution in [-0.2, 0) is 30.8 Å². The first-order valence-electron chi connectivity index (χ1n) is 13.2. The van der Waals surface area contributed by atoms with E-state index in [4.69, 9.17) is 10.5 Å². The Hall–Kier alpha value is -4.56. The van der Waals surface area contributed by atoms with Crippen LogP contribution in [0.15, 0.2) is 71.6 Å². The molecule has 0 aliphatic carbocycles. The average molecular weight is 616 g/mol. The van der Waals surface area contributed by atoms with E-state index in [0.29, 0.717) is 23.2 Å². The van der Waals surface area contributed by atoms with E-state index in [2.05, 4.69) is 5.32 Å². The summed E-state index contributed by atoms with van der Waals surface area (Å²) in [6.07, 6.45) is -0.235. The molecule has 1 saturated heterocycles. The van der Waals surface area contributed by atoms with E-state index in [1.807, 2.05) is 0 Å². The van der Waals surface area contributed by atoms with Crippen LogP contribution in [-0.4, -0.2) is 81.7 Å². The van der Waals surface area contributed by atoms with Crippen molar-refractivity contribution >= 4 is 39.1 Å². The molecule has 3 aromatic rings. The number of carbonyl (C=O) groups is 3. The normalized spacial score (nSPS) is 14.7. The van der Waals surface area contributed by atoms with Crippen LogP contribution in [0.3, 0.4) is 0 Å². The van der Waals surface area contributed by atoms with Gasteiger partial charge in [0, 0.05) is 44.0 Å². The van der Waals surface area contributed by atoms with Crippen LogP contribution in [0.5, 0.6) is 5.75 Å². The van der Waals surface area contributed by atoms with Crippen molar-refractivity contribution in [2.45, 2.75) is 17.4 Å². The van der Waals surface area contributed by atoms with Crippen molar-refractivity contribution < 1.29 is 36.3 Å². The number of nitrogens with one attached hydrogen (secondary N) is 1. The maximum atomic E-state index is 13.9. The van der Waals surface area contributed by atoms with Gasteiger partial charge in [0.1, 0.15) is 23.4 Å². The van der Waals surface area contributed by atoms with Crippen molar-refractivity contribution in [2.75, 3.05) is 51.0 Å². The van der Waals surface area contributed by atoms with E-state index < -0.39 is 58.5 Å². The van der Waals surface area contributed by atoms with E-state index in [9.17, 15) is 31.6 Å². The Labute approximate surface area is 247 Å². The molecule has 3 amide bonds. The third kappa shape index (κ3) is 7.64. The van der Waals surface area contributed by atoms with Crippen LogP contribution in [0.1, 0.15) is 5.56 Å². The highest BCUT2D eigenvalue weighted by molar-refractivity contribution is 7.89. The van der Waals surface area contributed by atoms with Gasteiger partial charge in [-0.1, -0.05) is 0 Å². The number of rotatable bonds is 10. The third-order valence-electron chi connectivity index (χ3n) is 6.92. The summed E-state index contributed by atoms with van der Waals surface area (Å²) in [6, 6.07) is 13.7. The summed E-state index contributed by atoms with van der Waals surface area (Å²) in [5, 5.41) is 2.58. The van der Waals surface area contributed by atoms with Gasteiger partial charge in [0.25, 0.3) is 0 Å². The number of nitrogens with two attached hydrogens (primary N) is 1. The molecule has 0 saturated carbocycles. The number of likely N-dealkylation sites (N-methyl/N-ethyl adjacent to an activating group) is 1. The number of carbonyl (C=O) groups excluding carboxylic acids is 3. The zero-order chi connectivity index (χ0) is 31.3. The third-order valence-corrected chi connectivity index (χ3v) is 8.78. The lowest BCUT2D eigenvalue weighted by atomic mass is 10.0. The molecule has 3 aromatic carbocycles. The monoisotopic (exact) mass is 615 g/mol. The summed E-state index contributed by atoms with van der Waals surface area (Å²) >= 11 is 0. The lowest BCUT2D eigenvalue weighted by molar-refractivity contribution is -0.139. The first-order chi connectivity index (χ1) is 20.4. The van der Waals surface area contributed by atoms with Crippen molar-refractivity contribution in [2.24, 2.45) is 0 Å². The summed E-state index contributed by atoms with van der Waals surface area (Å²) in [5.41, 5.74) is 6.63. The van der Waals surface area contributed by atoms with Gasteiger partial charge in [-0.3, -0.25) is 14.4 Å². The standard InChI is InChI=1S/C29H31F2N5O6S/c1-34(23-5-7-24(42-2)8-6-23)29(39)26(15-19-13-20(30)16-21(31)14-19)33-27(37)17-35-11-12-36(18-28(35)38)43(40,41)25-9-3-22(32)4-10-25/h3-10,13-14,16,26H,11-12,15,17-18,32H2,1-2H3,(H,33,37)/t26-/m0/s1. The Morgan fingerprint density at radius 2 is 1.65 bits per heavy atom. The Balaban J connectivity index is 1.46. The predicted molar refractivity (Wildman–Crippen MR) is 155 cm³/mol. The molecule has 0 spiro atoms. The van der Waals surface area contributed by atoms with Crippen LogP contribution < -0.4 is 20.7 Å². The minimum Gasteiger partial charge on any atom is -0.497 e. The maximum absolute atomic E-state index is 13.9. The molecule has 1 fully saturated rings. The lowest BCUT2D eigenvalue weighted by Gasteiger charge is -2.33. The number of hydrogen-bond donors (Lipinski definition) is 2. The van der Waals surface area contributed by atoms with Crippen LogP contribution in [0.25, 0.3) is 0 Å². The van der Waals surface area contributed by atoms with E-state index in [1.54, 1.807) is 24.3 Å². The topological polar surface area (TPSA) is 142 Å². The quantitative estimate of drug-likeness (QED) is 0.331.